The van der Waals surface area contributed by atoms with E-state index >= 15 is 0 Å². The summed E-state index contributed by atoms with van der Waals surface area (Å²) >= 11 is 5.88. The Hall–Kier alpha value is -0.690. The number of halogens is 1. The lowest BCUT2D eigenvalue weighted by Gasteiger charge is -2.12. The van der Waals surface area contributed by atoms with Crippen LogP contribution in [0, 0.1) is 6.92 Å². The smallest absolute Gasteiger partial charge is 0.0523 e. The lowest BCUT2D eigenvalue weighted by atomic mass is 10.2. The second-order valence-corrected chi connectivity index (χ2v) is 2.92. The van der Waals surface area contributed by atoms with E-state index in [9.17, 15) is 0 Å². The summed E-state index contributed by atoms with van der Waals surface area (Å²) in [5.41, 5.74) is 2.31. The quantitative estimate of drug-likeness (QED) is 0.616. The van der Waals surface area contributed by atoms with Crippen molar-refractivity contribution in [3.05, 3.63) is 29.8 Å². The molecule has 0 aliphatic heterocycles. The molecule has 0 amide bonds. The van der Waals surface area contributed by atoms with Gasteiger partial charge in [-0.05, 0) is 26.0 Å². The minimum absolute atomic E-state index is 0.824. The monoisotopic (exact) mass is 169 g/mol. The van der Waals surface area contributed by atoms with Gasteiger partial charge in [-0.15, -0.1) is 0 Å². The van der Waals surface area contributed by atoms with Crippen LogP contribution in [0.5, 0.6) is 0 Å². The first-order valence-electron chi connectivity index (χ1n) is 3.74. The van der Waals surface area contributed by atoms with Gasteiger partial charge in [-0.3, -0.25) is 4.42 Å². The maximum Gasteiger partial charge on any atom is 0.0523 e. The first kappa shape index (κ1) is 8.41. The molecule has 0 atom stereocenters. The Morgan fingerprint density at radius 2 is 1.82 bits per heavy atom. The molecule has 1 rings (SSSR count). The van der Waals surface area contributed by atoms with Gasteiger partial charge < -0.3 is 0 Å². The maximum absolute atomic E-state index is 5.88. The second kappa shape index (κ2) is 3.63. The van der Waals surface area contributed by atoms with E-state index in [0.29, 0.717) is 0 Å². The molecular formula is C9H12ClN. The summed E-state index contributed by atoms with van der Waals surface area (Å²) in [7, 11) is 0. The molecule has 60 valence electrons. The fourth-order valence-electron chi connectivity index (χ4n) is 0.889. The summed E-state index contributed by atoms with van der Waals surface area (Å²) in [6.45, 7) is 4.91. The van der Waals surface area contributed by atoms with Crippen LogP contribution in [-0.4, -0.2) is 6.54 Å². The molecule has 0 saturated heterocycles. The van der Waals surface area contributed by atoms with Crippen molar-refractivity contribution in [3.63, 3.8) is 0 Å². The van der Waals surface area contributed by atoms with Crippen LogP contribution in [0.1, 0.15) is 12.5 Å². The molecule has 0 aliphatic carbocycles. The van der Waals surface area contributed by atoms with Gasteiger partial charge in [0.05, 0.1) is 5.69 Å². The number of benzene rings is 1. The van der Waals surface area contributed by atoms with Gasteiger partial charge in [0.15, 0.2) is 0 Å². The molecule has 0 bridgehead atoms. The predicted molar refractivity (Wildman–Crippen MR) is 50.1 cm³/mol. The zero-order valence-electron chi connectivity index (χ0n) is 6.84. The normalized spacial score (nSPS) is 9.73. The van der Waals surface area contributed by atoms with Crippen LogP contribution in [0.4, 0.5) is 5.69 Å². The van der Waals surface area contributed by atoms with Crippen molar-refractivity contribution in [2.45, 2.75) is 13.8 Å². The number of aryl methyl sites for hydroxylation is 1. The molecule has 1 aromatic carbocycles. The predicted octanol–water partition coefficient (Wildman–Crippen LogP) is 2.98. The van der Waals surface area contributed by atoms with E-state index in [0.717, 1.165) is 12.2 Å². The van der Waals surface area contributed by atoms with E-state index in [1.165, 1.54) is 5.56 Å². The molecule has 11 heavy (non-hydrogen) atoms. The van der Waals surface area contributed by atoms with Gasteiger partial charge in [0.25, 0.3) is 0 Å². The van der Waals surface area contributed by atoms with Gasteiger partial charge in [-0.25, -0.2) is 0 Å². The molecule has 0 heterocycles. The summed E-state index contributed by atoms with van der Waals surface area (Å²) in [5, 5.41) is 0. The van der Waals surface area contributed by atoms with Gasteiger partial charge in [0, 0.05) is 18.3 Å². The molecule has 0 fully saturated rings. The average molecular weight is 170 g/mol. The zero-order valence-corrected chi connectivity index (χ0v) is 7.60. The van der Waals surface area contributed by atoms with Crippen LogP contribution in [0.2, 0.25) is 0 Å². The Kier molecular flexibility index (Phi) is 2.77. The first-order chi connectivity index (χ1) is 5.24. The van der Waals surface area contributed by atoms with Crippen molar-refractivity contribution in [3.8, 4) is 0 Å². The molecule has 0 saturated carbocycles. The topological polar surface area (TPSA) is 3.24 Å². The Balaban J connectivity index is 2.81. The number of hydrogen-bond donors (Lipinski definition) is 0. The fourth-order valence-corrected chi connectivity index (χ4v) is 1.00. The third-order valence-electron chi connectivity index (χ3n) is 1.59. The Bertz CT molecular complexity index is 218. The lowest BCUT2D eigenvalue weighted by molar-refractivity contribution is 1.10. The third-order valence-corrected chi connectivity index (χ3v) is 2.03. The Morgan fingerprint density at radius 1 is 1.27 bits per heavy atom. The molecule has 1 aromatic rings. The van der Waals surface area contributed by atoms with Crippen molar-refractivity contribution < 1.29 is 0 Å². The average Bonchev–Trinajstić information content (AvgIpc) is 2.05. The minimum atomic E-state index is 0.824. The summed E-state index contributed by atoms with van der Waals surface area (Å²) in [6.07, 6.45) is 0. The number of rotatable bonds is 2. The second-order valence-electron chi connectivity index (χ2n) is 2.51. The highest BCUT2D eigenvalue weighted by atomic mass is 35.5. The van der Waals surface area contributed by atoms with Crippen LogP contribution in [-0.2, 0) is 0 Å². The number of anilines is 1. The maximum atomic E-state index is 5.88. The highest BCUT2D eigenvalue weighted by Crippen LogP contribution is 2.15. The van der Waals surface area contributed by atoms with Gasteiger partial charge in [0.2, 0.25) is 0 Å². The van der Waals surface area contributed by atoms with Crippen molar-refractivity contribution >= 4 is 17.5 Å². The van der Waals surface area contributed by atoms with E-state index in [1.807, 2.05) is 19.1 Å². The summed E-state index contributed by atoms with van der Waals surface area (Å²) in [6, 6.07) is 8.15. The molecule has 0 N–H and O–H groups in total. The fraction of sp³-hybridized carbons (Fsp3) is 0.333. The van der Waals surface area contributed by atoms with Gasteiger partial charge in [-0.2, -0.15) is 0 Å². The van der Waals surface area contributed by atoms with E-state index < -0.39 is 0 Å². The molecule has 1 nitrogen and oxygen atoms in total. The summed E-state index contributed by atoms with van der Waals surface area (Å²) in [5.74, 6) is 0. The Labute approximate surface area is 72.7 Å². The standard InChI is InChI=1S/C9H12ClN/c1-3-11(10)9-6-4-8(2)5-7-9/h4-7H,3H2,1-2H3. The van der Waals surface area contributed by atoms with E-state index in [2.05, 4.69) is 19.1 Å². The summed E-state index contributed by atoms with van der Waals surface area (Å²) < 4.78 is 1.69. The highest BCUT2D eigenvalue weighted by molar-refractivity contribution is 6.25. The number of hydrogen-bond acceptors (Lipinski definition) is 1. The minimum Gasteiger partial charge on any atom is -0.286 e. The van der Waals surface area contributed by atoms with Gasteiger partial charge in [0.1, 0.15) is 0 Å². The van der Waals surface area contributed by atoms with Crippen LogP contribution in [0.15, 0.2) is 24.3 Å². The molecule has 0 unspecified atom stereocenters. The third kappa shape index (κ3) is 2.12. The van der Waals surface area contributed by atoms with Gasteiger partial charge in [-0.1, -0.05) is 17.7 Å². The molecule has 0 aromatic heterocycles. The van der Waals surface area contributed by atoms with Crippen molar-refractivity contribution in [1.82, 2.24) is 0 Å². The Morgan fingerprint density at radius 3 is 2.27 bits per heavy atom. The van der Waals surface area contributed by atoms with E-state index in [1.54, 1.807) is 4.42 Å². The molecule has 2 heteroatoms. The van der Waals surface area contributed by atoms with Crippen LogP contribution in [0.25, 0.3) is 0 Å². The van der Waals surface area contributed by atoms with Crippen molar-refractivity contribution in [2.24, 2.45) is 0 Å². The molecule has 0 spiro atoms. The van der Waals surface area contributed by atoms with Crippen LogP contribution >= 0.6 is 11.8 Å². The van der Waals surface area contributed by atoms with Crippen molar-refractivity contribution in [1.29, 1.82) is 0 Å². The van der Waals surface area contributed by atoms with Crippen LogP contribution in [0.3, 0.4) is 0 Å². The van der Waals surface area contributed by atoms with E-state index in [4.69, 9.17) is 11.8 Å². The SMILES string of the molecule is CCN(Cl)c1ccc(C)cc1. The molecule has 0 aliphatic rings. The first-order valence-corrected chi connectivity index (χ1v) is 4.08. The largest absolute Gasteiger partial charge is 0.286 e. The highest BCUT2D eigenvalue weighted by Gasteiger charge is 1.97. The molecule has 0 radical (unpaired) electrons. The van der Waals surface area contributed by atoms with E-state index in [-0.39, 0.29) is 0 Å². The van der Waals surface area contributed by atoms with Crippen LogP contribution < -0.4 is 4.42 Å². The number of nitrogens with zero attached hydrogens (tertiary/aromatic N) is 1. The lowest BCUT2D eigenvalue weighted by Crippen LogP contribution is -2.07. The zero-order chi connectivity index (χ0) is 8.27. The summed E-state index contributed by atoms with van der Waals surface area (Å²) in [4.78, 5) is 0. The molecular weight excluding hydrogens is 158 g/mol. The van der Waals surface area contributed by atoms with Crippen molar-refractivity contribution in [2.75, 3.05) is 11.0 Å². The van der Waals surface area contributed by atoms with Gasteiger partial charge >= 0.3 is 0 Å².